The number of ether oxygens (including phenoxy) is 1. The van der Waals surface area contributed by atoms with E-state index in [1.54, 1.807) is 17.4 Å². The van der Waals surface area contributed by atoms with Crippen molar-refractivity contribution in [2.45, 2.75) is 34.1 Å². The molecule has 0 atom stereocenters. The standard InChI is InChI=1S/C20H29N5O2S.HI/c1-5-21-20(22-10-9-19-24-14(2)15(3)28-19)23-11-12-27-18-8-6-7-17(13-18)25-16(4)26;/h6-8,13H,5,9-12H2,1-4H3,(H,25,26)(H2,21,22,23);1H. The average Bonchev–Trinajstić information content (AvgIpc) is 2.96. The Morgan fingerprint density at radius 3 is 2.72 bits per heavy atom. The predicted octanol–water partition coefficient (Wildman–Crippen LogP) is 3.51. The molecule has 1 amide bonds. The number of benzene rings is 1. The molecule has 29 heavy (non-hydrogen) atoms. The van der Waals surface area contributed by atoms with E-state index in [4.69, 9.17) is 4.74 Å². The molecule has 2 aromatic rings. The Balaban J connectivity index is 0.00000420. The third kappa shape index (κ3) is 9.44. The zero-order valence-electron chi connectivity index (χ0n) is 17.4. The highest BCUT2D eigenvalue weighted by molar-refractivity contribution is 14.0. The number of nitrogens with one attached hydrogen (secondary N) is 3. The quantitative estimate of drug-likeness (QED) is 0.200. The minimum atomic E-state index is -0.103. The zero-order valence-corrected chi connectivity index (χ0v) is 20.5. The second-order valence-corrected chi connectivity index (χ2v) is 7.53. The van der Waals surface area contributed by atoms with Crippen LogP contribution in [0.2, 0.25) is 0 Å². The first-order valence-corrected chi connectivity index (χ1v) is 10.2. The van der Waals surface area contributed by atoms with Crippen molar-refractivity contribution in [3.8, 4) is 5.75 Å². The molecule has 2 rings (SSSR count). The highest BCUT2D eigenvalue weighted by Crippen LogP contribution is 2.17. The van der Waals surface area contributed by atoms with Crippen LogP contribution in [0.4, 0.5) is 5.69 Å². The van der Waals surface area contributed by atoms with E-state index in [2.05, 4.69) is 32.9 Å². The number of thiazole rings is 1. The van der Waals surface area contributed by atoms with Crippen molar-refractivity contribution in [2.24, 2.45) is 4.99 Å². The van der Waals surface area contributed by atoms with E-state index >= 15 is 0 Å². The number of hydrogen-bond acceptors (Lipinski definition) is 5. The lowest BCUT2D eigenvalue weighted by molar-refractivity contribution is -0.114. The molecule has 0 aliphatic heterocycles. The largest absolute Gasteiger partial charge is 0.492 e. The Labute approximate surface area is 193 Å². The molecule has 160 valence electrons. The Bertz CT molecular complexity index is 790. The van der Waals surface area contributed by atoms with Crippen molar-refractivity contribution >= 4 is 52.9 Å². The van der Waals surface area contributed by atoms with Crippen molar-refractivity contribution in [3.63, 3.8) is 0 Å². The number of aryl methyl sites for hydroxylation is 2. The molecule has 0 saturated heterocycles. The molecule has 0 unspecified atom stereocenters. The van der Waals surface area contributed by atoms with Crippen molar-refractivity contribution < 1.29 is 9.53 Å². The smallest absolute Gasteiger partial charge is 0.221 e. The van der Waals surface area contributed by atoms with Gasteiger partial charge < -0.3 is 20.7 Å². The van der Waals surface area contributed by atoms with E-state index < -0.39 is 0 Å². The molecule has 0 radical (unpaired) electrons. The molecule has 7 nitrogen and oxygen atoms in total. The van der Waals surface area contributed by atoms with Gasteiger partial charge in [-0.05, 0) is 32.9 Å². The summed E-state index contributed by atoms with van der Waals surface area (Å²) in [5.41, 5.74) is 1.83. The lowest BCUT2D eigenvalue weighted by Crippen LogP contribution is -2.39. The fourth-order valence-electron chi connectivity index (χ4n) is 2.46. The number of carbonyl (C=O) groups is 1. The molecule has 0 aliphatic carbocycles. The molecule has 0 bridgehead atoms. The maximum absolute atomic E-state index is 11.1. The molecule has 3 N–H and O–H groups in total. The van der Waals surface area contributed by atoms with Gasteiger partial charge in [0.15, 0.2) is 5.96 Å². The number of hydrogen-bond donors (Lipinski definition) is 3. The van der Waals surface area contributed by atoms with Gasteiger partial charge in [0.2, 0.25) is 5.91 Å². The Morgan fingerprint density at radius 2 is 2.07 bits per heavy atom. The zero-order chi connectivity index (χ0) is 20.4. The number of anilines is 1. The average molecular weight is 531 g/mol. The Hall–Kier alpha value is -1.88. The van der Waals surface area contributed by atoms with Crippen LogP contribution < -0.4 is 20.7 Å². The number of nitrogens with zero attached hydrogens (tertiary/aromatic N) is 2. The number of guanidine groups is 1. The summed E-state index contributed by atoms with van der Waals surface area (Å²) in [6, 6.07) is 7.34. The molecule has 1 heterocycles. The lowest BCUT2D eigenvalue weighted by Gasteiger charge is -2.12. The molecule has 1 aromatic heterocycles. The van der Waals surface area contributed by atoms with Gasteiger partial charge in [0.1, 0.15) is 12.4 Å². The number of carbonyl (C=O) groups excluding carboxylic acids is 1. The highest BCUT2D eigenvalue weighted by atomic mass is 127. The molecule has 1 aromatic carbocycles. The molecular weight excluding hydrogens is 501 g/mol. The topological polar surface area (TPSA) is 87.6 Å². The number of rotatable bonds is 9. The third-order valence-corrected chi connectivity index (χ3v) is 4.96. The third-order valence-electron chi connectivity index (χ3n) is 3.83. The van der Waals surface area contributed by atoms with Crippen LogP contribution in [0.25, 0.3) is 0 Å². The van der Waals surface area contributed by atoms with Crippen molar-refractivity contribution in [1.29, 1.82) is 0 Å². The number of amides is 1. The van der Waals surface area contributed by atoms with Gasteiger partial charge in [-0.2, -0.15) is 0 Å². The van der Waals surface area contributed by atoms with Gasteiger partial charge in [0, 0.05) is 43.1 Å². The van der Waals surface area contributed by atoms with Crippen molar-refractivity contribution in [3.05, 3.63) is 39.8 Å². The van der Waals surface area contributed by atoms with Gasteiger partial charge in [-0.15, -0.1) is 35.3 Å². The summed E-state index contributed by atoms with van der Waals surface area (Å²) in [5, 5.41) is 10.4. The number of aromatic nitrogens is 1. The summed E-state index contributed by atoms with van der Waals surface area (Å²) in [6.07, 6.45) is 0.836. The van der Waals surface area contributed by atoms with Crippen LogP contribution in [0.3, 0.4) is 0 Å². The summed E-state index contributed by atoms with van der Waals surface area (Å²) in [6.45, 7) is 10.2. The van der Waals surface area contributed by atoms with E-state index in [1.807, 2.05) is 32.0 Å². The van der Waals surface area contributed by atoms with Crippen LogP contribution in [0.5, 0.6) is 5.75 Å². The maximum atomic E-state index is 11.1. The van der Waals surface area contributed by atoms with Gasteiger partial charge in [-0.3, -0.25) is 9.79 Å². The van der Waals surface area contributed by atoms with E-state index in [1.165, 1.54) is 11.8 Å². The summed E-state index contributed by atoms with van der Waals surface area (Å²) >= 11 is 1.74. The summed E-state index contributed by atoms with van der Waals surface area (Å²) < 4.78 is 5.74. The minimum Gasteiger partial charge on any atom is -0.492 e. The fourth-order valence-corrected chi connectivity index (χ4v) is 3.38. The van der Waals surface area contributed by atoms with E-state index in [9.17, 15) is 4.79 Å². The number of aliphatic imine (C=N–C) groups is 1. The Kier molecular flexibility index (Phi) is 11.6. The highest BCUT2D eigenvalue weighted by Gasteiger charge is 2.04. The summed E-state index contributed by atoms with van der Waals surface area (Å²) in [4.78, 5) is 21.5. The first kappa shape index (κ1) is 25.2. The molecular formula is C20H30IN5O2S. The summed E-state index contributed by atoms with van der Waals surface area (Å²) in [7, 11) is 0. The minimum absolute atomic E-state index is 0. The van der Waals surface area contributed by atoms with E-state index in [0.29, 0.717) is 25.4 Å². The fraction of sp³-hybridized carbons (Fsp3) is 0.450. The molecule has 0 aliphatic rings. The molecule has 0 spiro atoms. The van der Waals surface area contributed by atoms with E-state index in [-0.39, 0.29) is 29.9 Å². The molecule has 0 saturated carbocycles. The molecule has 0 fully saturated rings. The van der Waals surface area contributed by atoms with Gasteiger partial charge in [-0.1, -0.05) is 6.07 Å². The second kappa shape index (κ2) is 13.4. The SMILES string of the molecule is CCNC(=NCCc1nc(C)c(C)s1)NCCOc1cccc(NC(C)=O)c1.I. The first-order valence-electron chi connectivity index (χ1n) is 9.43. The second-order valence-electron chi connectivity index (χ2n) is 6.24. The van der Waals surface area contributed by atoms with Crippen LogP contribution in [-0.2, 0) is 11.2 Å². The van der Waals surface area contributed by atoms with Gasteiger partial charge in [0.05, 0.1) is 17.2 Å². The van der Waals surface area contributed by atoms with Crippen LogP contribution in [-0.4, -0.2) is 43.1 Å². The van der Waals surface area contributed by atoms with E-state index in [0.717, 1.165) is 35.3 Å². The van der Waals surface area contributed by atoms with Crippen molar-refractivity contribution in [2.75, 3.05) is 31.6 Å². The Morgan fingerprint density at radius 1 is 1.28 bits per heavy atom. The van der Waals surface area contributed by atoms with Crippen LogP contribution in [0, 0.1) is 13.8 Å². The monoisotopic (exact) mass is 531 g/mol. The van der Waals surface area contributed by atoms with Crippen LogP contribution in [0.1, 0.15) is 29.4 Å². The maximum Gasteiger partial charge on any atom is 0.221 e. The predicted molar refractivity (Wildman–Crippen MR) is 131 cm³/mol. The van der Waals surface area contributed by atoms with Gasteiger partial charge in [0.25, 0.3) is 0 Å². The summed E-state index contributed by atoms with van der Waals surface area (Å²) in [5.74, 6) is 1.38. The van der Waals surface area contributed by atoms with Gasteiger partial charge >= 0.3 is 0 Å². The lowest BCUT2D eigenvalue weighted by atomic mass is 10.3. The van der Waals surface area contributed by atoms with Crippen molar-refractivity contribution in [1.82, 2.24) is 15.6 Å². The molecule has 9 heteroatoms. The van der Waals surface area contributed by atoms with Crippen LogP contribution >= 0.6 is 35.3 Å². The number of halogens is 1. The first-order chi connectivity index (χ1) is 13.5. The normalized spacial score (nSPS) is 10.8. The van der Waals surface area contributed by atoms with Gasteiger partial charge in [-0.25, -0.2) is 4.98 Å². The van der Waals surface area contributed by atoms with Crippen LogP contribution in [0.15, 0.2) is 29.3 Å².